The molecule has 1 atom stereocenters. The summed E-state index contributed by atoms with van der Waals surface area (Å²) in [5.74, 6) is 1.44. The number of nitro groups is 1. The molecule has 0 N–H and O–H groups in total. The minimum Gasteiger partial charge on any atom is -0.419 e. The van der Waals surface area contributed by atoms with E-state index in [1.54, 1.807) is 24.3 Å². The van der Waals surface area contributed by atoms with Gasteiger partial charge in [-0.2, -0.15) is 0 Å². The van der Waals surface area contributed by atoms with Crippen molar-refractivity contribution in [3.8, 4) is 22.8 Å². The third-order valence-corrected chi connectivity index (χ3v) is 5.71. The van der Waals surface area contributed by atoms with Crippen molar-refractivity contribution in [1.82, 2.24) is 25.0 Å². The topological polar surface area (TPSA) is 113 Å². The molecule has 0 bridgehead atoms. The van der Waals surface area contributed by atoms with Crippen LogP contribution in [0.25, 0.3) is 22.8 Å². The summed E-state index contributed by atoms with van der Waals surface area (Å²) in [6.45, 7) is 1.93. The molecule has 30 heavy (non-hydrogen) atoms. The summed E-state index contributed by atoms with van der Waals surface area (Å²) in [6.07, 6.45) is 0. The lowest BCUT2D eigenvalue weighted by Gasteiger charge is -2.07. The second kappa shape index (κ2) is 8.25. The van der Waals surface area contributed by atoms with Gasteiger partial charge in [0.05, 0.1) is 10.2 Å². The van der Waals surface area contributed by atoms with Crippen LogP contribution in [0.1, 0.15) is 18.1 Å². The standard InChI is InChI=1S/C19H15ClN6O3S/c1-11(17-22-23-18(29-17)13-5-9-15(10-6-13)26(27)28)30-19-24-21-16(25(19)2)12-3-7-14(20)8-4-12/h3-11H,1-2H3. The van der Waals surface area contributed by atoms with Crippen LogP contribution in [-0.4, -0.2) is 29.9 Å². The Bertz CT molecular complexity index is 1190. The first-order valence-electron chi connectivity index (χ1n) is 8.82. The van der Waals surface area contributed by atoms with Crippen LogP contribution in [-0.2, 0) is 7.05 Å². The molecule has 1 unspecified atom stereocenters. The monoisotopic (exact) mass is 442 g/mol. The third kappa shape index (κ3) is 4.05. The molecule has 9 nitrogen and oxygen atoms in total. The lowest BCUT2D eigenvalue weighted by Crippen LogP contribution is -1.97. The first kappa shape index (κ1) is 20.0. The molecule has 2 heterocycles. The molecular weight excluding hydrogens is 428 g/mol. The van der Waals surface area contributed by atoms with Crippen molar-refractivity contribution in [1.29, 1.82) is 0 Å². The molecule has 0 aliphatic carbocycles. The number of rotatable bonds is 6. The molecule has 152 valence electrons. The van der Waals surface area contributed by atoms with E-state index in [-0.39, 0.29) is 10.9 Å². The molecule has 0 fully saturated rings. The van der Waals surface area contributed by atoms with Crippen LogP contribution in [0.3, 0.4) is 0 Å². The predicted octanol–water partition coefficient (Wildman–Crippen LogP) is 4.95. The van der Waals surface area contributed by atoms with E-state index in [4.69, 9.17) is 16.0 Å². The fourth-order valence-corrected chi connectivity index (χ4v) is 3.69. The van der Waals surface area contributed by atoms with E-state index in [1.165, 1.54) is 23.9 Å². The Morgan fingerprint density at radius 1 is 1.03 bits per heavy atom. The number of hydrogen-bond acceptors (Lipinski definition) is 8. The van der Waals surface area contributed by atoms with E-state index in [0.717, 1.165) is 11.4 Å². The fourth-order valence-electron chi connectivity index (χ4n) is 2.72. The maximum Gasteiger partial charge on any atom is 0.269 e. The summed E-state index contributed by atoms with van der Waals surface area (Å²) in [5, 5.41) is 28.6. The maximum absolute atomic E-state index is 10.8. The fraction of sp³-hybridized carbons (Fsp3) is 0.158. The van der Waals surface area contributed by atoms with Gasteiger partial charge in [0, 0.05) is 35.3 Å². The Morgan fingerprint density at radius 2 is 1.70 bits per heavy atom. The van der Waals surface area contributed by atoms with Gasteiger partial charge in [-0.1, -0.05) is 23.4 Å². The molecule has 0 amide bonds. The van der Waals surface area contributed by atoms with Crippen molar-refractivity contribution in [2.45, 2.75) is 17.3 Å². The Balaban J connectivity index is 1.50. The highest BCUT2D eigenvalue weighted by Gasteiger charge is 2.20. The van der Waals surface area contributed by atoms with E-state index in [2.05, 4.69) is 20.4 Å². The molecule has 0 saturated carbocycles. The molecule has 0 saturated heterocycles. The number of benzene rings is 2. The van der Waals surface area contributed by atoms with Crippen LogP contribution in [0.4, 0.5) is 5.69 Å². The van der Waals surface area contributed by atoms with Gasteiger partial charge < -0.3 is 8.98 Å². The van der Waals surface area contributed by atoms with E-state index >= 15 is 0 Å². The van der Waals surface area contributed by atoms with Crippen LogP contribution >= 0.6 is 23.4 Å². The Kier molecular flexibility index (Phi) is 5.51. The lowest BCUT2D eigenvalue weighted by atomic mass is 10.2. The molecule has 0 aliphatic rings. The van der Waals surface area contributed by atoms with Gasteiger partial charge >= 0.3 is 0 Å². The van der Waals surface area contributed by atoms with Gasteiger partial charge in [-0.25, -0.2) is 0 Å². The van der Waals surface area contributed by atoms with Crippen molar-refractivity contribution >= 4 is 29.1 Å². The summed E-state index contributed by atoms with van der Waals surface area (Å²) in [5.41, 5.74) is 1.52. The number of thioether (sulfide) groups is 1. The Morgan fingerprint density at radius 3 is 2.37 bits per heavy atom. The first-order valence-corrected chi connectivity index (χ1v) is 10.1. The smallest absolute Gasteiger partial charge is 0.269 e. The van der Waals surface area contributed by atoms with Crippen molar-refractivity contribution in [3.63, 3.8) is 0 Å². The lowest BCUT2D eigenvalue weighted by molar-refractivity contribution is -0.384. The number of nitro benzene ring substituents is 1. The summed E-state index contributed by atoms with van der Waals surface area (Å²) in [7, 11) is 1.88. The van der Waals surface area contributed by atoms with Crippen LogP contribution in [0.15, 0.2) is 58.1 Å². The van der Waals surface area contributed by atoms with Crippen molar-refractivity contribution in [2.75, 3.05) is 0 Å². The number of nitrogens with zero attached hydrogens (tertiary/aromatic N) is 6. The summed E-state index contributed by atoms with van der Waals surface area (Å²) >= 11 is 7.38. The van der Waals surface area contributed by atoms with Crippen LogP contribution in [0, 0.1) is 10.1 Å². The summed E-state index contributed by atoms with van der Waals surface area (Å²) in [4.78, 5) is 10.3. The van der Waals surface area contributed by atoms with Gasteiger partial charge in [-0.15, -0.1) is 20.4 Å². The number of hydrogen-bond donors (Lipinski definition) is 0. The molecule has 0 spiro atoms. The Labute approximate surface area is 180 Å². The SMILES string of the molecule is CC(Sc1nnc(-c2ccc(Cl)cc2)n1C)c1nnc(-c2ccc([N+](=O)[O-])cc2)o1. The quantitative estimate of drug-likeness (QED) is 0.234. The summed E-state index contributed by atoms with van der Waals surface area (Å²) in [6, 6.07) is 13.3. The molecule has 2 aromatic carbocycles. The second-order valence-electron chi connectivity index (χ2n) is 6.38. The highest BCUT2D eigenvalue weighted by molar-refractivity contribution is 7.99. The molecule has 4 rings (SSSR count). The predicted molar refractivity (Wildman–Crippen MR) is 112 cm³/mol. The molecule has 0 radical (unpaired) electrons. The largest absolute Gasteiger partial charge is 0.419 e. The average molecular weight is 443 g/mol. The van der Waals surface area contributed by atoms with Gasteiger partial charge in [0.15, 0.2) is 11.0 Å². The summed E-state index contributed by atoms with van der Waals surface area (Å²) < 4.78 is 7.65. The van der Waals surface area contributed by atoms with E-state index in [1.807, 2.05) is 30.7 Å². The first-order chi connectivity index (χ1) is 14.4. The van der Waals surface area contributed by atoms with E-state index in [9.17, 15) is 10.1 Å². The van der Waals surface area contributed by atoms with Gasteiger partial charge in [0.25, 0.3) is 5.69 Å². The zero-order valence-electron chi connectivity index (χ0n) is 15.9. The molecule has 0 aliphatic heterocycles. The van der Waals surface area contributed by atoms with Crippen LogP contribution < -0.4 is 0 Å². The maximum atomic E-state index is 10.8. The van der Waals surface area contributed by atoms with Crippen molar-refractivity contribution < 1.29 is 9.34 Å². The number of non-ortho nitro benzene ring substituents is 1. The number of aromatic nitrogens is 5. The molecule has 11 heteroatoms. The third-order valence-electron chi connectivity index (χ3n) is 4.33. The second-order valence-corrected chi connectivity index (χ2v) is 8.13. The zero-order chi connectivity index (χ0) is 21.3. The number of halogens is 1. The molecule has 4 aromatic rings. The molecular formula is C19H15ClN6O3S. The minimum atomic E-state index is -0.457. The van der Waals surface area contributed by atoms with Gasteiger partial charge in [-0.3, -0.25) is 10.1 Å². The zero-order valence-corrected chi connectivity index (χ0v) is 17.5. The molecule has 2 aromatic heterocycles. The van der Waals surface area contributed by atoms with E-state index < -0.39 is 4.92 Å². The average Bonchev–Trinajstić information content (AvgIpc) is 3.37. The van der Waals surface area contributed by atoms with Crippen LogP contribution in [0.5, 0.6) is 0 Å². The normalized spacial score (nSPS) is 12.1. The Hall–Kier alpha value is -3.24. The van der Waals surface area contributed by atoms with Gasteiger partial charge in [0.2, 0.25) is 11.8 Å². The van der Waals surface area contributed by atoms with Gasteiger partial charge in [0.1, 0.15) is 0 Å². The van der Waals surface area contributed by atoms with Crippen molar-refractivity contribution in [3.05, 3.63) is 69.6 Å². The van der Waals surface area contributed by atoms with Crippen molar-refractivity contribution in [2.24, 2.45) is 7.05 Å². The highest BCUT2D eigenvalue weighted by Crippen LogP contribution is 2.35. The highest BCUT2D eigenvalue weighted by atomic mass is 35.5. The van der Waals surface area contributed by atoms with E-state index in [0.29, 0.717) is 27.5 Å². The minimum absolute atomic E-state index is 0.00110. The van der Waals surface area contributed by atoms with Crippen LogP contribution in [0.2, 0.25) is 5.02 Å². The van der Waals surface area contributed by atoms with Gasteiger partial charge in [-0.05, 0) is 43.3 Å².